The number of likely N-dealkylation sites (tertiary alicyclic amines) is 2. The first-order valence-electron chi connectivity index (χ1n) is 15.8. The largest absolute Gasteiger partial charge is 0.345 e. The molecule has 1 amide bonds. The molecule has 0 saturated carbocycles. The monoisotopic (exact) mass is 580 g/mol. The van der Waals surface area contributed by atoms with Crippen LogP contribution in [-0.2, 0) is 6.54 Å². The van der Waals surface area contributed by atoms with E-state index in [4.69, 9.17) is 0 Å². The Hall–Kier alpha value is -3.81. The number of halogens is 1. The number of fused-ring (bicyclic) bond motifs is 1. The maximum absolute atomic E-state index is 15.4. The van der Waals surface area contributed by atoms with Gasteiger partial charge in [0.15, 0.2) is 0 Å². The molecule has 2 aliphatic rings. The lowest BCUT2D eigenvalue weighted by Crippen LogP contribution is -2.47. The van der Waals surface area contributed by atoms with Crippen LogP contribution in [0.4, 0.5) is 4.39 Å². The predicted octanol–water partition coefficient (Wildman–Crippen LogP) is 6.46. The second-order valence-corrected chi connectivity index (χ2v) is 11.9. The molecule has 224 valence electrons. The summed E-state index contributed by atoms with van der Waals surface area (Å²) in [7, 11) is 0. The molecule has 0 spiro atoms. The van der Waals surface area contributed by atoms with Crippen LogP contribution in [-0.4, -0.2) is 52.5 Å². The maximum Gasteiger partial charge on any atom is 0.263 e. The summed E-state index contributed by atoms with van der Waals surface area (Å²) in [6.07, 6.45) is 6.66. The minimum atomic E-state index is -0.494. The number of piperidine rings is 2. The van der Waals surface area contributed by atoms with Crippen molar-refractivity contribution in [3.05, 3.63) is 112 Å². The smallest absolute Gasteiger partial charge is 0.263 e. The van der Waals surface area contributed by atoms with Gasteiger partial charge in [-0.25, -0.2) is 4.39 Å². The topological polar surface area (TPSA) is 57.6 Å². The Morgan fingerprint density at radius 1 is 0.860 bits per heavy atom. The molecule has 6 nitrogen and oxygen atoms in total. The van der Waals surface area contributed by atoms with E-state index in [1.54, 1.807) is 30.3 Å². The van der Waals surface area contributed by atoms with Gasteiger partial charge >= 0.3 is 0 Å². The van der Waals surface area contributed by atoms with Crippen molar-refractivity contribution in [3.8, 4) is 5.69 Å². The molecule has 0 unspecified atom stereocenters. The highest BCUT2D eigenvalue weighted by atomic mass is 19.1. The summed E-state index contributed by atoms with van der Waals surface area (Å²) in [6.45, 7) is 6.50. The number of hydrogen-bond acceptors (Lipinski definition) is 4. The van der Waals surface area contributed by atoms with E-state index in [0.717, 1.165) is 31.5 Å². The highest BCUT2D eigenvalue weighted by Gasteiger charge is 2.30. The molecule has 7 heteroatoms. The Balaban J connectivity index is 1.43. The summed E-state index contributed by atoms with van der Waals surface area (Å²) in [5.41, 5.74) is 1.84. The highest BCUT2D eigenvalue weighted by molar-refractivity contribution is 6.08. The first-order chi connectivity index (χ1) is 21.0. The minimum absolute atomic E-state index is 0.167. The average molecular weight is 581 g/mol. The number of nitrogens with one attached hydrogen (secondary N) is 1. The lowest BCUT2D eigenvalue weighted by molar-refractivity contribution is 0.0873. The first kappa shape index (κ1) is 29.3. The lowest BCUT2D eigenvalue weighted by atomic mass is 9.97. The Kier molecular flexibility index (Phi) is 9.00. The molecule has 0 radical (unpaired) electrons. The number of rotatable bonds is 8. The van der Waals surface area contributed by atoms with Crippen LogP contribution in [0.5, 0.6) is 0 Å². The molecule has 4 aromatic rings. The third kappa shape index (κ3) is 6.15. The summed E-state index contributed by atoms with van der Waals surface area (Å²) in [6, 6.07) is 23.9. The van der Waals surface area contributed by atoms with Gasteiger partial charge in [-0.05, 0) is 69.0 Å². The second kappa shape index (κ2) is 13.2. The van der Waals surface area contributed by atoms with E-state index in [1.165, 1.54) is 43.0 Å². The number of aromatic nitrogens is 1. The molecule has 43 heavy (non-hydrogen) atoms. The third-order valence-corrected chi connectivity index (χ3v) is 9.26. The normalized spacial score (nSPS) is 17.6. The first-order valence-corrected chi connectivity index (χ1v) is 15.8. The summed E-state index contributed by atoms with van der Waals surface area (Å²) in [5, 5.41) is 4.25. The van der Waals surface area contributed by atoms with E-state index in [0.29, 0.717) is 41.0 Å². The van der Waals surface area contributed by atoms with Crippen molar-refractivity contribution in [2.24, 2.45) is 0 Å². The molecule has 2 aliphatic heterocycles. The van der Waals surface area contributed by atoms with Gasteiger partial charge in [0.2, 0.25) is 0 Å². The summed E-state index contributed by atoms with van der Waals surface area (Å²) >= 11 is 0. The van der Waals surface area contributed by atoms with Gasteiger partial charge < -0.3 is 10.2 Å². The van der Waals surface area contributed by atoms with E-state index in [9.17, 15) is 9.59 Å². The number of para-hydroxylation sites is 1. The van der Waals surface area contributed by atoms with Crippen LogP contribution in [0, 0.1) is 5.82 Å². The minimum Gasteiger partial charge on any atom is -0.345 e. The number of carbonyl (C=O) groups excluding carboxylic acids is 1. The number of hydrogen-bond donors (Lipinski definition) is 1. The molecule has 0 aliphatic carbocycles. The fourth-order valence-corrected chi connectivity index (χ4v) is 6.96. The van der Waals surface area contributed by atoms with Crippen LogP contribution in [0.1, 0.15) is 73.1 Å². The van der Waals surface area contributed by atoms with Gasteiger partial charge in [-0.15, -0.1) is 0 Å². The van der Waals surface area contributed by atoms with Crippen LogP contribution in [0.25, 0.3) is 16.5 Å². The van der Waals surface area contributed by atoms with Gasteiger partial charge in [-0.2, -0.15) is 0 Å². The van der Waals surface area contributed by atoms with Crippen LogP contribution >= 0.6 is 0 Å². The van der Waals surface area contributed by atoms with Crippen LogP contribution in [0.2, 0.25) is 0 Å². The lowest BCUT2D eigenvalue weighted by Gasteiger charge is -2.40. The SMILES string of the molecule is CC[C@H](NC(=O)c1c(CN2CCC(N3CCCCC3)CC2)n(-c2ccccc2F)c(=O)c2ccccc12)c1ccccc1. The number of benzene rings is 3. The van der Waals surface area contributed by atoms with Crippen molar-refractivity contribution in [2.75, 3.05) is 26.2 Å². The van der Waals surface area contributed by atoms with Crippen molar-refractivity contribution in [1.82, 2.24) is 19.7 Å². The van der Waals surface area contributed by atoms with Crippen molar-refractivity contribution < 1.29 is 9.18 Å². The molecular weight excluding hydrogens is 539 g/mol. The van der Waals surface area contributed by atoms with Crippen molar-refractivity contribution in [1.29, 1.82) is 0 Å². The van der Waals surface area contributed by atoms with Gasteiger partial charge in [-0.3, -0.25) is 19.1 Å². The third-order valence-electron chi connectivity index (χ3n) is 9.26. The zero-order chi connectivity index (χ0) is 29.8. The van der Waals surface area contributed by atoms with Crippen molar-refractivity contribution >= 4 is 16.7 Å². The molecular formula is C36H41FN4O2. The van der Waals surface area contributed by atoms with Gasteiger partial charge in [0, 0.05) is 36.4 Å². The Morgan fingerprint density at radius 2 is 1.51 bits per heavy atom. The molecule has 2 saturated heterocycles. The molecule has 0 bridgehead atoms. The van der Waals surface area contributed by atoms with E-state index >= 15 is 4.39 Å². The molecule has 3 aromatic carbocycles. The fourth-order valence-electron chi connectivity index (χ4n) is 6.96. The van der Waals surface area contributed by atoms with Crippen LogP contribution in [0.3, 0.4) is 0 Å². The number of carbonyl (C=O) groups is 1. The van der Waals surface area contributed by atoms with E-state index in [2.05, 4.69) is 15.1 Å². The quantitative estimate of drug-likeness (QED) is 0.260. The number of pyridine rings is 1. The molecule has 3 heterocycles. The van der Waals surface area contributed by atoms with Gasteiger partial charge in [0.05, 0.1) is 23.0 Å². The van der Waals surface area contributed by atoms with Crippen LogP contribution < -0.4 is 10.9 Å². The van der Waals surface area contributed by atoms with Gasteiger partial charge in [-0.1, -0.05) is 74.0 Å². The Labute approximate surface area is 253 Å². The number of amides is 1. The molecule has 1 aromatic heterocycles. The second-order valence-electron chi connectivity index (χ2n) is 11.9. The summed E-state index contributed by atoms with van der Waals surface area (Å²) < 4.78 is 16.9. The standard InChI is InChI=1S/C36H41FN4O2/c1-2-31(26-13-5-3-6-14-26)38-35(42)34-28-15-7-8-16-29(28)36(43)41(32-18-10-9-17-30(32)37)33(34)25-39-23-19-27(20-24-39)40-21-11-4-12-22-40/h3,5-10,13-18,27,31H,2,4,11-12,19-25H2,1H3,(H,38,42)/t31-/m0/s1. The Bertz CT molecular complexity index is 1620. The number of nitrogens with zero attached hydrogens (tertiary/aromatic N) is 3. The van der Waals surface area contributed by atoms with E-state index in [1.807, 2.05) is 49.4 Å². The molecule has 1 N–H and O–H groups in total. The maximum atomic E-state index is 15.4. The zero-order valence-corrected chi connectivity index (χ0v) is 25.0. The van der Waals surface area contributed by atoms with Crippen molar-refractivity contribution in [2.45, 2.75) is 64.1 Å². The average Bonchev–Trinajstić information content (AvgIpc) is 3.05. The molecule has 1 atom stereocenters. The van der Waals surface area contributed by atoms with E-state index in [-0.39, 0.29) is 23.2 Å². The fraction of sp³-hybridized carbons (Fsp3) is 0.389. The van der Waals surface area contributed by atoms with Gasteiger partial charge in [0.25, 0.3) is 11.5 Å². The zero-order valence-electron chi connectivity index (χ0n) is 25.0. The van der Waals surface area contributed by atoms with Crippen LogP contribution in [0.15, 0.2) is 83.7 Å². The predicted molar refractivity (Wildman–Crippen MR) is 170 cm³/mol. The molecule has 6 rings (SSSR count). The van der Waals surface area contributed by atoms with Crippen molar-refractivity contribution in [3.63, 3.8) is 0 Å². The Morgan fingerprint density at radius 3 is 2.21 bits per heavy atom. The molecule has 2 fully saturated rings. The summed E-state index contributed by atoms with van der Waals surface area (Å²) in [4.78, 5) is 33.4. The highest BCUT2D eigenvalue weighted by Crippen LogP contribution is 2.28. The summed E-state index contributed by atoms with van der Waals surface area (Å²) in [5.74, 6) is -0.748. The van der Waals surface area contributed by atoms with Gasteiger partial charge in [0.1, 0.15) is 5.82 Å². The van der Waals surface area contributed by atoms with E-state index < -0.39 is 5.82 Å².